The number of fused-ring (bicyclic) bond motifs is 6. The van der Waals surface area contributed by atoms with Gasteiger partial charge in [0.1, 0.15) is 11.9 Å². The Morgan fingerprint density at radius 1 is 1.17 bits per heavy atom. The number of aromatic nitrogens is 1. The Labute approximate surface area is 167 Å². The van der Waals surface area contributed by atoms with Crippen molar-refractivity contribution in [2.45, 2.75) is 44.9 Å². The number of carbonyl (C=O) groups excluding carboxylic acids is 3. The molecular weight excluding hydrogens is 372 g/mol. The second-order valence-corrected chi connectivity index (χ2v) is 8.03. The normalized spacial score (nSPS) is 28.7. The van der Waals surface area contributed by atoms with Gasteiger partial charge in [0.15, 0.2) is 0 Å². The topological polar surface area (TPSA) is 101 Å². The maximum atomic E-state index is 12.8. The van der Waals surface area contributed by atoms with Gasteiger partial charge in [-0.25, -0.2) is 4.98 Å². The third-order valence-electron chi connectivity index (χ3n) is 6.30. The molecule has 3 amide bonds. The molecule has 0 saturated carbocycles. The van der Waals surface area contributed by atoms with Crippen LogP contribution >= 0.6 is 0 Å². The van der Waals surface area contributed by atoms with E-state index in [2.05, 4.69) is 15.8 Å². The maximum absolute atomic E-state index is 12.8. The molecule has 1 aromatic carbocycles. The number of benzene rings is 1. The minimum atomic E-state index is -0.909. The van der Waals surface area contributed by atoms with E-state index in [4.69, 9.17) is 4.74 Å². The highest BCUT2D eigenvalue weighted by molar-refractivity contribution is 6.09. The number of hydrogen-bond acceptors (Lipinski definition) is 6. The van der Waals surface area contributed by atoms with Crippen molar-refractivity contribution in [3.63, 3.8) is 0 Å². The molecule has 0 aliphatic carbocycles. The predicted molar refractivity (Wildman–Crippen MR) is 104 cm³/mol. The van der Waals surface area contributed by atoms with Crippen molar-refractivity contribution < 1.29 is 19.1 Å². The summed E-state index contributed by atoms with van der Waals surface area (Å²) in [5.41, 5.74) is 7.10. The van der Waals surface area contributed by atoms with Gasteiger partial charge in [-0.2, -0.15) is 0 Å². The number of amides is 3. The number of likely N-dealkylation sites (tertiary alicyclic amines) is 1. The first-order chi connectivity index (χ1) is 14.0. The van der Waals surface area contributed by atoms with E-state index in [0.717, 1.165) is 34.2 Å². The van der Waals surface area contributed by atoms with E-state index in [9.17, 15) is 14.4 Å². The van der Waals surface area contributed by atoms with Gasteiger partial charge in [0.25, 0.3) is 5.91 Å². The van der Waals surface area contributed by atoms with Gasteiger partial charge in [-0.05, 0) is 44.4 Å². The minimum absolute atomic E-state index is 0.190. The van der Waals surface area contributed by atoms with Crippen LogP contribution in [0.5, 0.6) is 0 Å². The van der Waals surface area contributed by atoms with Crippen molar-refractivity contribution in [3.8, 4) is 0 Å². The lowest BCUT2D eigenvalue weighted by atomic mass is 9.81. The van der Waals surface area contributed by atoms with Crippen LogP contribution in [0, 0.1) is 18.8 Å². The molecule has 8 nitrogen and oxygen atoms in total. The van der Waals surface area contributed by atoms with Gasteiger partial charge in [-0.15, -0.1) is 0 Å². The van der Waals surface area contributed by atoms with E-state index >= 15 is 0 Å². The number of aryl methyl sites for hydroxylation is 1. The molecule has 8 heteroatoms. The van der Waals surface area contributed by atoms with Gasteiger partial charge in [0.05, 0.1) is 29.6 Å². The Morgan fingerprint density at radius 3 is 2.52 bits per heavy atom. The molecule has 1 aromatic heterocycles. The number of carbonyl (C=O) groups is 3. The zero-order valence-corrected chi connectivity index (χ0v) is 16.2. The summed E-state index contributed by atoms with van der Waals surface area (Å²) in [7, 11) is 0. The summed E-state index contributed by atoms with van der Waals surface area (Å²) < 4.78 is 5.73. The van der Waals surface area contributed by atoms with Gasteiger partial charge < -0.3 is 4.74 Å². The van der Waals surface area contributed by atoms with Gasteiger partial charge in [-0.1, -0.05) is 18.2 Å². The monoisotopic (exact) mass is 394 g/mol. The van der Waals surface area contributed by atoms with Crippen LogP contribution in [0.3, 0.4) is 0 Å². The molecule has 2 N–H and O–H groups in total. The number of hydrogen-bond donors (Lipinski definition) is 2. The molecule has 3 fully saturated rings. The molecule has 5 unspecified atom stereocenters. The van der Waals surface area contributed by atoms with Crippen LogP contribution in [0.1, 0.15) is 25.3 Å². The van der Waals surface area contributed by atoms with Gasteiger partial charge in [0, 0.05) is 5.39 Å². The first-order valence-electron chi connectivity index (χ1n) is 9.90. The highest BCUT2D eigenvalue weighted by atomic mass is 16.5. The fraction of sp³-hybridized carbons (Fsp3) is 0.429. The van der Waals surface area contributed by atoms with Crippen LogP contribution in [0.15, 0.2) is 30.3 Å². The third-order valence-corrected chi connectivity index (χ3v) is 6.30. The lowest BCUT2D eigenvalue weighted by Gasteiger charge is -2.24. The highest BCUT2D eigenvalue weighted by Gasteiger charge is 2.63. The van der Waals surface area contributed by atoms with E-state index in [1.807, 2.05) is 37.3 Å². The van der Waals surface area contributed by atoms with Gasteiger partial charge in [-0.3, -0.25) is 30.1 Å². The first kappa shape index (κ1) is 18.1. The second kappa shape index (κ2) is 6.52. The molecule has 2 bridgehead atoms. The molecule has 5 atom stereocenters. The molecule has 29 heavy (non-hydrogen) atoms. The molecule has 0 radical (unpaired) electrons. The lowest BCUT2D eigenvalue weighted by Crippen LogP contribution is -2.50. The Bertz CT molecular complexity index is 1010. The Morgan fingerprint density at radius 2 is 1.83 bits per heavy atom. The summed E-state index contributed by atoms with van der Waals surface area (Å²) in [5.74, 6) is -1.41. The molecule has 0 spiro atoms. The summed E-state index contributed by atoms with van der Waals surface area (Å²) in [6.07, 6.45) is 1.22. The Hall–Kier alpha value is -3.00. The van der Waals surface area contributed by atoms with E-state index in [-0.39, 0.29) is 24.0 Å². The van der Waals surface area contributed by atoms with Gasteiger partial charge in [0.2, 0.25) is 11.8 Å². The van der Waals surface area contributed by atoms with E-state index in [1.54, 1.807) is 6.92 Å². The van der Waals surface area contributed by atoms with Crippen molar-refractivity contribution in [1.29, 1.82) is 0 Å². The molecular formula is C21H22N4O4. The van der Waals surface area contributed by atoms with Gasteiger partial charge >= 0.3 is 0 Å². The van der Waals surface area contributed by atoms with E-state index in [0.29, 0.717) is 5.82 Å². The average molecular weight is 394 g/mol. The standard InChI is InChI=1S/C21H22N4O4/c1-10-9-12-5-3-4-6-13(12)22-18(10)23-24-19(26)11(2)25-20(27)16-14-7-8-15(29-14)17(16)21(25)28/h3-6,9,11,14-17H,7-8H2,1-2H3,(H,22,23)(H,24,26). The molecule has 3 aliphatic rings. The zero-order valence-electron chi connectivity index (χ0n) is 16.2. The van der Waals surface area contributed by atoms with Crippen LogP contribution in [-0.4, -0.2) is 45.9 Å². The molecule has 3 aliphatic heterocycles. The van der Waals surface area contributed by atoms with Crippen LogP contribution < -0.4 is 10.9 Å². The largest absolute Gasteiger partial charge is 0.373 e. The second-order valence-electron chi connectivity index (χ2n) is 8.03. The number of anilines is 1. The van der Waals surface area contributed by atoms with Crippen LogP contribution in [0.4, 0.5) is 5.82 Å². The summed E-state index contributed by atoms with van der Waals surface area (Å²) in [5, 5.41) is 1.01. The SMILES string of the molecule is Cc1cc2ccccc2nc1NNC(=O)C(C)N1C(=O)C2C3CCC(O3)C2C1=O. The van der Waals surface area contributed by atoms with E-state index < -0.39 is 23.8 Å². The average Bonchev–Trinajstić information content (AvgIpc) is 3.39. The maximum Gasteiger partial charge on any atom is 0.261 e. The summed E-state index contributed by atoms with van der Waals surface area (Å²) in [4.78, 5) is 44.0. The van der Waals surface area contributed by atoms with Crippen LogP contribution in [0.25, 0.3) is 10.9 Å². The Kier molecular flexibility index (Phi) is 4.06. The fourth-order valence-corrected chi connectivity index (χ4v) is 4.81. The smallest absolute Gasteiger partial charge is 0.261 e. The highest BCUT2D eigenvalue weighted by Crippen LogP contribution is 2.48. The van der Waals surface area contributed by atoms with Crippen molar-refractivity contribution in [2.75, 3.05) is 5.43 Å². The minimum Gasteiger partial charge on any atom is -0.373 e. The summed E-state index contributed by atoms with van der Waals surface area (Å²) in [6.45, 7) is 3.46. The molecule has 150 valence electrons. The quantitative estimate of drug-likeness (QED) is 0.603. The van der Waals surface area contributed by atoms with Crippen LogP contribution in [-0.2, 0) is 19.1 Å². The van der Waals surface area contributed by atoms with Crippen molar-refractivity contribution >= 4 is 34.4 Å². The van der Waals surface area contributed by atoms with E-state index in [1.165, 1.54) is 0 Å². The molecule has 4 heterocycles. The number of pyridine rings is 1. The zero-order chi connectivity index (χ0) is 20.3. The van der Waals surface area contributed by atoms with Crippen molar-refractivity contribution in [3.05, 3.63) is 35.9 Å². The molecule has 2 aromatic rings. The lowest BCUT2D eigenvalue weighted by molar-refractivity contribution is -0.149. The number of para-hydroxylation sites is 1. The number of imide groups is 1. The molecule has 3 saturated heterocycles. The number of rotatable bonds is 4. The van der Waals surface area contributed by atoms with Crippen LogP contribution in [0.2, 0.25) is 0 Å². The number of nitrogens with one attached hydrogen (secondary N) is 2. The van der Waals surface area contributed by atoms with Crippen molar-refractivity contribution in [1.82, 2.24) is 15.3 Å². The fourth-order valence-electron chi connectivity index (χ4n) is 4.81. The Balaban J connectivity index is 1.30. The summed E-state index contributed by atoms with van der Waals surface area (Å²) >= 11 is 0. The van der Waals surface area contributed by atoms with Crippen molar-refractivity contribution in [2.24, 2.45) is 11.8 Å². The predicted octanol–water partition coefficient (Wildman–Crippen LogP) is 1.54. The number of ether oxygens (including phenoxy) is 1. The summed E-state index contributed by atoms with van der Waals surface area (Å²) in [6, 6.07) is 8.77. The number of hydrazine groups is 1. The number of nitrogens with zero attached hydrogens (tertiary/aromatic N) is 2. The first-order valence-corrected chi connectivity index (χ1v) is 9.90. The third kappa shape index (κ3) is 2.70. The molecule has 5 rings (SSSR count).